The van der Waals surface area contributed by atoms with Crippen molar-refractivity contribution in [1.82, 2.24) is 24.8 Å². The molecule has 0 radical (unpaired) electrons. The van der Waals surface area contributed by atoms with Gasteiger partial charge in [-0.3, -0.25) is 4.98 Å². The number of anilines is 2. The van der Waals surface area contributed by atoms with Crippen molar-refractivity contribution < 1.29 is 4.74 Å². The first-order valence-corrected chi connectivity index (χ1v) is 10.1. The molecule has 0 fully saturated rings. The number of aromatic nitrogens is 4. The fourth-order valence-electron chi connectivity index (χ4n) is 3.56. The van der Waals surface area contributed by atoms with Gasteiger partial charge < -0.3 is 25.3 Å². The Morgan fingerprint density at radius 2 is 1.97 bits per heavy atom. The highest BCUT2D eigenvalue weighted by atomic mass is 16.5. The first-order valence-electron chi connectivity index (χ1n) is 10.1. The molecule has 0 saturated carbocycles. The molecule has 0 bridgehead atoms. The van der Waals surface area contributed by atoms with E-state index in [0.29, 0.717) is 22.8 Å². The van der Waals surface area contributed by atoms with Crippen LogP contribution in [0.5, 0.6) is 5.75 Å². The largest absolute Gasteiger partial charge is 0.495 e. The average molecular weight is 428 g/mol. The molecule has 0 aliphatic carbocycles. The summed E-state index contributed by atoms with van der Waals surface area (Å²) >= 11 is 0. The van der Waals surface area contributed by atoms with Gasteiger partial charge in [-0.25, -0.2) is 9.97 Å². The highest BCUT2D eigenvalue weighted by Crippen LogP contribution is 2.33. The Morgan fingerprint density at radius 1 is 1.12 bits per heavy atom. The molecule has 4 rings (SSSR count). The quantitative estimate of drug-likeness (QED) is 0.380. The third kappa shape index (κ3) is 3.90. The van der Waals surface area contributed by atoms with Gasteiger partial charge in [-0.2, -0.15) is 0 Å². The average Bonchev–Trinajstić information content (AvgIpc) is 3.15. The summed E-state index contributed by atoms with van der Waals surface area (Å²) in [6.07, 6.45) is 8.42. The normalized spacial score (nSPS) is 11.4. The van der Waals surface area contributed by atoms with E-state index in [9.17, 15) is 0 Å². The Bertz CT molecular complexity index is 1320. The molecule has 0 amide bonds. The number of nitrogens with zero attached hydrogens (tertiary/aromatic N) is 4. The molecule has 0 aliphatic rings. The van der Waals surface area contributed by atoms with Crippen LogP contribution in [0.4, 0.5) is 11.5 Å². The molecule has 0 aliphatic heterocycles. The van der Waals surface area contributed by atoms with Crippen LogP contribution >= 0.6 is 0 Å². The van der Waals surface area contributed by atoms with Gasteiger partial charge in [0.15, 0.2) is 0 Å². The molecule has 8 nitrogen and oxygen atoms in total. The number of ether oxygens (including phenoxy) is 1. The number of fused-ring (bicyclic) bond motifs is 1. The number of aryl methyl sites for hydroxylation is 1. The molecule has 3 N–H and O–H groups in total. The van der Waals surface area contributed by atoms with Crippen molar-refractivity contribution in [2.45, 2.75) is 6.92 Å². The van der Waals surface area contributed by atoms with Crippen molar-refractivity contribution in [2.75, 3.05) is 19.5 Å². The van der Waals surface area contributed by atoms with Gasteiger partial charge in [0.25, 0.3) is 0 Å². The smallest absolute Gasteiger partial charge is 0.143 e. The Labute approximate surface area is 186 Å². The number of benzene rings is 1. The summed E-state index contributed by atoms with van der Waals surface area (Å²) in [6.45, 7) is 1.97. The molecule has 1 aromatic carbocycles. The predicted octanol–water partition coefficient (Wildman–Crippen LogP) is 4.30. The minimum absolute atomic E-state index is 0.656. The van der Waals surface area contributed by atoms with E-state index >= 15 is 0 Å². The highest BCUT2D eigenvalue weighted by molar-refractivity contribution is 6.12. The van der Waals surface area contributed by atoms with Crippen LogP contribution in [0.3, 0.4) is 0 Å². The zero-order valence-corrected chi connectivity index (χ0v) is 18.5. The summed E-state index contributed by atoms with van der Waals surface area (Å²) in [7, 11) is 5.44. The first-order chi connectivity index (χ1) is 15.5. The lowest BCUT2D eigenvalue weighted by Crippen LogP contribution is -2.01. The number of hydrogen-bond acceptors (Lipinski definition) is 7. The number of methoxy groups -OCH3 is 1. The van der Waals surface area contributed by atoms with Crippen LogP contribution in [0.1, 0.15) is 11.5 Å². The van der Waals surface area contributed by atoms with Crippen molar-refractivity contribution in [3.8, 4) is 17.0 Å². The second-order valence-corrected chi connectivity index (χ2v) is 7.27. The van der Waals surface area contributed by atoms with Gasteiger partial charge in [0.05, 0.1) is 30.4 Å². The molecular weight excluding hydrogens is 402 g/mol. The molecule has 0 unspecified atom stereocenters. The molecule has 0 atom stereocenters. The van der Waals surface area contributed by atoms with E-state index in [0.717, 1.165) is 33.5 Å². The predicted molar refractivity (Wildman–Crippen MR) is 129 cm³/mol. The fourth-order valence-corrected chi connectivity index (χ4v) is 3.56. The maximum Gasteiger partial charge on any atom is 0.143 e. The van der Waals surface area contributed by atoms with Crippen LogP contribution in [0.2, 0.25) is 0 Å². The van der Waals surface area contributed by atoms with Crippen LogP contribution in [0, 0.1) is 12.3 Å². The summed E-state index contributed by atoms with van der Waals surface area (Å²) in [5.74, 6) is 2.30. The summed E-state index contributed by atoms with van der Waals surface area (Å²) in [4.78, 5) is 13.4. The van der Waals surface area contributed by atoms with Gasteiger partial charge in [0.1, 0.15) is 17.4 Å². The van der Waals surface area contributed by atoms with Crippen LogP contribution < -0.4 is 15.4 Å². The van der Waals surface area contributed by atoms with Crippen LogP contribution in [0.25, 0.3) is 27.6 Å². The third-order valence-electron chi connectivity index (χ3n) is 5.36. The van der Waals surface area contributed by atoms with Gasteiger partial charge in [0, 0.05) is 60.8 Å². The topological polar surface area (TPSA) is 101 Å². The van der Waals surface area contributed by atoms with Gasteiger partial charge in [-0.15, -0.1) is 0 Å². The van der Waals surface area contributed by atoms with E-state index in [-0.39, 0.29) is 0 Å². The number of pyridine rings is 2. The molecule has 32 heavy (non-hydrogen) atoms. The Hall–Kier alpha value is -4.20. The van der Waals surface area contributed by atoms with Crippen LogP contribution in [0.15, 0.2) is 55.1 Å². The summed E-state index contributed by atoms with van der Waals surface area (Å²) in [6, 6.07) is 9.81. The van der Waals surface area contributed by atoms with Crippen molar-refractivity contribution in [3.63, 3.8) is 0 Å². The van der Waals surface area contributed by atoms with Gasteiger partial charge >= 0.3 is 0 Å². The summed E-state index contributed by atoms with van der Waals surface area (Å²) < 4.78 is 7.69. The zero-order chi connectivity index (χ0) is 22.7. The number of rotatable bonds is 7. The van der Waals surface area contributed by atoms with E-state index in [1.807, 2.05) is 55.1 Å². The molecule has 0 spiro atoms. The number of hydrogen-bond donors (Lipinski definition) is 3. The van der Waals surface area contributed by atoms with Crippen molar-refractivity contribution in [2.24, 2.45) is 7.05 Å². The molecule has 4 aromatic rings. The molecule has 162 valence electrons. The fraction of sp³-hybridized carbons (Fsp3) is 0.167. The van der Waals surface area contributed by atoms with E-state index in [1.165, 1.54) is 6.21 Å². The monoisotopic (exact) mass is 427 g/mol. The Kier molecular flexibility index (Phi) is 5.85. The number of imidazole rings is 1. The summed E-state index contributed by atoms with van der Waals surface area (Å²) in [5.41, 5.74) is 4.23. The highest BCUT2D eigenvalue weighted by Gasteiger charge is 2.12. The lowest BCUT2D eigenvalue weighted by Gasteiger charge is -2.14. The van der Waals surface area contributed by atoms with Crippen LogP contribution in [-0.4, -0.2) is 39.9 Å². The minimum Gasteiger partial charge on any atom is -0.495 e. The second-order valence-electron chi connectivity index (χ2n) is 7.27. The van der Waals surface area contributed by atoms with Crippen molar-refractivity contribution in [3.05, 3.63) is 66.6 Å². The molecular formula is C24H25N7O. The maximum absolute atomic E-state index is 7.74. The Balaban J connectivity index is 1.72. The SMILES string of the molecule is CN/C=C(\C=N)c1nccc2cnc(Nc3ccc(-c4cnc(C)n4C)cc3OC)cc12. The maximum atomic E-state index is 7.74. The lowest BCUT2D eigenvalue weighted by atomic mass is 10.1. The van der Waals surface area contributed by atoms with Gasteiger partial charge in [-0.05, 0) is 31.2 Å². The standard InChI is InChI=1S/C24H25N7O/c1-15-28-14-21(31(15)3)16-5-6-20(22(9-16)32-4)30-23-10-19-17(13-29-23)7-8-27-24(19)18(11-25)12-26-2/h5-14,25-26H,1-4H3,(H,29,30)/b18-12+,25-11?. The lowest BCUT2D eigenvalue weighted by molar-refractivity contribution is 0.417. The molecule has 3 heterocycles. The number of nitrogens with one attached hydrogen (secondary N) is 3. The minimum atomic E-state index is 0.656. The van der Waals surface area contributed by atoms with E-state index in [4.69, 9.17) is 10.1 Å². The number of allylic oxidation sites excluding steroid dienone is 1. The zero-order valence-electron chi connectivity index (χ0n) is 18.5. The van der Waals surface area contributed by atoms with Gasteiger partial charge in [0.2, 0.25) is 0 Å². The molecule has 0 saturated heterocycles. The summed E-state index contributed by atoms with van der Waals surface area (Å²) in [5, 5.41) is 15.9. The third-order valence-corrected chi connectivity index (χ3v) is 5.36. The molecule has 8 heteroatoms. The van der Waals surface area contributed by atoms with Gasteiger partial charge in [-0.1, -0.05) is 6.07 Å². The van der Waals surface area contributed by atoms with Crippen molar-refractivity contribution in [1.29, 1.82) is 5.41 Å². The van der Waals surface area contributed by atoms with Crippen LogP contribution in [-0.2, 0) is 7.05 Å². The van der Waals surface area contributed by atoms with E-state index in [1.54, 1.807) is 32.8 Å². The second kappa shape index (κ2) is 8.89. The Morgan fingerprint density at radius 3 is 2.66 bits per heavy atom. The first kappa shape index (κ1) is 21.0. The van der Waals surface area contributed by atoms with E-state index in [2.05, 4.69) is 25.6 Å². The molecule has 3 aromatic heterocycles. The van der Waals surface area contributed by atoms with Crippen molar-refractivity contribution >= 4 is 34.1 Å². The van der Waals surface area contributed by atoms with E-state index < -0.39 is 0 Å².